The Balaban J connectivity index is 2.54. The van der Waals surface area contributed by atoms with Crippen LogP contribution in [0.25, 0.3) is 0 Å². The van der Waals surface area contributed by atoms with E-state index in [-0.39, 0.29) is 12.0 Å². The molecule has 1 fully saturated rings. The quantitative estimate of drug-likeness (QED) is 0.764. The highest BCUT2D eigenvalue weighted by Gasteiger charge is 2.28. The number of hydrogen-bond donors (Lipinski definition) is 1. The summed E-state index contributed by atoms with van der Waals surface area (Å²) in [6.45, 7) is 4.06. The van der Waals surface area contributed by atoms with E-state index in [2.05, 4.69) is 5.32 Å². The molecule has 0 aromatic rings. The standard InChI is InChI=1S/C13H27NO2S/c1-4-11(2)9-17(15,16)10-13(14-3)12-7-5-6-8-12/h11-14H,4-10H2,1-3H3. The Kier molecular flexibility index (Phi) is 5.93. The average Bonchev–Trinajstić information content (AvgIpc) is 2.78. The highest BCUT2D eigenvalue weighted by atomic mass is 32.2. The molecule has 0 spiro atoms. The van der Waals surface area contributed by atoms with E-state index in [1.165, 1.54) is 25.7 Å². The molecule has 2 unspecified atom stereocenters. The number of rotatable bonds is 7. The monoisotopic (exact) mass is 261 g/mol. The molecule has 0 amide bonds. The minimum Gasteiger partial charge on any atom is -0.316 e. The lowest BCUT2D eigenvalue weighted by molar-refractivity contribution is 0.403. The molecular formula is C13H27NO2S. The molecule has 0 aliphatic heterocycles. The number of nitrogens with one attached hydrogen (secondary N) is 1. The van der Waals surface area contributed by atoms with Crippen molar-refractivity contribution in [3.05, 3.63) is 0 Å². The van der Waals surface area contributed by atoms with Gasteiger partial charge in [-0.1, -0.05) is 33.1 Å². The van der Waals surface area contributed by atoms with Crippen molar-refractivity contribution in [2.24, 2.45) is 11.8 Å². The van der Waals surface area contributed by atoms with Crippen LogP contribution in [0.5, 0.6) is 0 Å². The van der Waals surface area contributed by atoms with Crippen LogP contribution >= 0.6 is 0 Å². The molecule has 3 nitrogen and oxygen atoms in total. The van der Waals surface area contributed by atoms with Gasteiger partial charge in [-0.3, -0.25) is 0 Å². The van der Waals surface area contributed by atoms with Crippen LogP contribution in [-0.2, 0) is 9.84 Å². The Hall–Kier alpha value is -0.0900. The van der Waals surface area contributed by atoms with Crippen molar-refractivity contribution >= 4 is 9.84 Å². The molecule has 102 valence electrons. The summed E-state index contributed by atoms with van der Waals surface area (Å²) in [5, 5.41) is 3.21. The Morgan fingerprint density at radius 1 is 1.24 bits per heavy atom. The first-order valence-corrected chi connectivity index (χ1v) is 8.68. The summed E-state index contributed by atoms with van der Waals surface area (Å²) >= 11 is 0. The smallest absolute Gasteiger partial charge is 0.152 e. The zero-order valence-corrected chi connectivity index (χ0v) is 12.2. The zero-order chi connectivity index (χ0) is 12.9. The van der Waals surface area contributed by atoms with Crippen LogP contribution in [0.1, 0.15) is 46.0 Å². The molecule has 17 heavy (non-hydrogen) atoms. The number of sulfone groups is 1. The predicted molar refractivity (Wildman–Crippen MR) is 72.9 cm³/mol. The second-order valence-electron chi connectivity index (χ2n) is 5.53. The maximum absolute atomic E-state index is 12.1. The van der Waals surface area contributed by atoms with Gasteiger partial charge < -0.3 is 5.32 Å². The Bertz CT molecular complexity index is 307. The van der Waals surface area contributed by atoms with Gasteiger partial charge >= 0.3 is 0 Å². The molecule has 4 heteroatoms. The molecule has 2 atom stereocenters. The molecule has 0 aromatic carbocycles. The van der Waals surface area contributed by atoms with Crippen LogP contribution in [0.4, 0.5) is 0 Å². The Morgan fingerprint density at radius 3 is 2.29 bits per heavy atom. The van der Waals surface area contributed by atoms with Crippen molar-refractivity contribution in [1.82, 2.24) is 5.32 Å². The topological polar surface area (TPSA) is 46.2 Å². The van der Waals surface area contributed by atoms with Crippen LogP contribution in [0.3, 0.4) is 0 Å². The summed E-state index contributed by atoms with van der Waals surface area (Å²) in [6, 6.07) is 0.159. The van der Waals surface area contributed by atoms with Gasteiger partial charge in [0, 0.05) is 6.04 Å². The third-order valence-electron chi connectivity index (χ3n) is 4.01. The molecule has 0 radical (unpaired) electrons. The molecule has 1 aliphatic rings. The zero-order valence-electron chi connectivity index (χ0n) is 11.4. The van der Waals surface area contributed by atoms with Gasteiger partial charge in [-0.15, -0.1) is 0 Å². The summed E-state index contributed by atoms with van der Waals surface area (Å²) in [7, 11) is -1.01. The van der Waals surface area contributed by atoms with Gasteiger partial charge in [-0.2, -0.15) is 0 Å². The van der Waals surface area contributed by atoms with Crippen LogP contribution in [0.15, 0.2) is 0 Å². The van der Waals surface area contributed by atoms with Crippen LogP contribution in [-0.4, -0.2) is 33.0 Å². The lowest BCUT2D eigenvalue weighted by atomic mass is 10.0. The largest absolute Gasteiger partial charge is 0.316 e. The van der Waals surface area contributed by atoms with Gasteiger partial charge in [0.1, 0.15) is 0 Å². The summed E-state index contributed by atoms with van der Waals surface area (Å²) < 4.78 is 24.2. The molecular weight excluding hydrogens is 234 g/mol. The van der Waals surface area contributed by atoms with Gasteiger partial charge in [0.25, 0.3) is 0 Å². The van der Waals surface area contributed by atoms with Gasteiger partial charge in [0.05, 0.1) is 11.5 Å². The molecule has 0 bridgehead atoms. The maximum atomic E-state index is 12.1. The first-order valence-electron chi connectivity index (χ1n) is 6.86. The molecule has 1 rings (SSSR count). The molecule has 1 N–H and O–H groups in total. The summed E-state index contributed by atoms with van der Waals surface area (Å²) in [5.41, 5.74) is 0. The minimum atomic E-state index is -2.90. The van der Waals surface area contributed by atoms with Crippen LogP contribution < -0.4 is 5.32 Å². The van der Waals surface area contributed by atoms with Crippen molar-refractivity contribution < 1.29 is 8.42 Å². The summed E-state index contributed by atoms with van der Waals surface area (Å²) in [5.74, 6) is 1.50. The van der Waals surface area contributed by atoms with Gasteiger partial charge in [-0.05, 0) is 31.7 Å². The van der Waals surface area contributed by atoms with Crippen molar-refractivity contribution in [2.45, 2.75) is 52.0 Å². The first-order chi connectivity index (χ1) is 7.98. The van der Waals surface area contributed by atoms with E-state index >= 15 is 0 Å². The van der Waals surface area contributed by atoms with Crippen LogP contribution in [0.2, 0.25) is 0 Å². The highest BCUT2D eigenvalue weighted by Crippen LogP contribution is 2.28. The molecule has 0 heterocycles. The SMILES string of the molecule is CCC(C)CS(=O)(=O)CC(NC)C1CCCC1. The minimum absolute atomic E-state index is 0.159. The van der Waals surface area contributed by atoms with Crippen molar-refractivity contribution in [3.8, 4) is 0 Å². The fraction of sp³-hybridized carbons (Fsp3) is 1.00. The predicted octanol–water partition coefficient (Wildman–Crippen LogP) is 2.23. The van der Waals surface area contributed by atoms with E-state index in [4.69, 9.17) is 0 Å². The normalized spacial score (nSPS) is 21.6. The molecule has 1 aliphatic carbocycles. The fourth-order valence-electron chi connectivity index (χ4n) is 2.71. The third-order valence-corrected chi connectivity index (χ3v) is 5.95. The second kappa shape index (κ2) is 6.74. The fourth-order valence-corrected chi connectivity index (χ4v) is 4.93. The molecule has 1 saturated carbocycles. The van der Waals surface area contributed by atoms with E-state index in [9.17, 15) is 8.42 Å². The summed E-state index contributed by atoms with van der Waals surface area (Å²) in [4.78, 5) is 0. The van der Waals surface area contributed by atoms with Crippen molar-refractivity contribution in [2.75, 3.05) is 18.6 Å². The van der Waals surface area contributed by atoms with E-state index < -0.39 is 9.84 Å². The van der Waals surface area contributed by atoms with Crippen molar-refractivity contribution in [3.63, 3.8) is 0 Å². The molecule has 0 saturated heterocycles. The van der Waals surface area contributed by atoms with E-state index in [1.54, 1.807) is 0 Å². The highest BCUT2D eigenvalue weighted by molar-refractivity contribution is 7.91. The first kappa shape index (κ1) is 15.0. The average molecular weight is 261 g/mol. The van der Waals surface area contributed by atoms with Gasteiger partial charge in [0.15, 0.2) is 9.84 Å². The Labute approximate surface area is 106 Å². The van der Waals surface area contributed by atoms with Gasteiger partial charge in [-0.25, -0.2) is 8.42 Å². The summed E-state index contributed by atoms with van der Waals surface area (Å²) in [6.07, 6.45) is 5.82. The van der Waals surface area contributed by atoms with E-state index in [0.717, 1.165) is 6.42 Å². The van der Waals surface area contributed by atoms with Crippen molar-refractivity contribution in [1.29, 1.82) is 0 Å². The van der Waals surface area contributed by atoms with E-state index in [1.807, 2.05) is 20.9 Å². The third kappa shape index (κ3) is 4.96. The maximum Gasteiger partial charge on any atom is 0.152 e. The Morgan fingerprint density at radius 2 is 1.82 bits per heavy atom. The van der Waals surface area contributed by atoms with Crippen LogP contribution in [0, 0.1) is 11.8 Å². The number of hydrogen-bond acceptors (Lipinski definition) is 3. The lowest BCUT2D eigenvalue weighted by Gasteiger charge is -2.23. The van der Waals surface area contributed by atoms with Gasteiger partial charge in [0.2, 0.25) is 0 Å². The molecule has 0 aromatic heterocycles. The van der Waals surface area contributed by atoms with E-state index in [0.29, 0.717) is 17.4 Å². The second-order valence-corrected chi connectivity index (χ2v) is 7.68. The lowest BCUT2D eigenvalue weighted by Crippen LogP contribution is -2.39.